The van der Waals surface area contributed by atoms with Gasteiger partial charge in [-0.2, -0.15) is 9.40 Å². The lowest BCUT2D eigenvalue weighted by molar-refractivity contribution is 0.423. The van der Waals surface area contributed by atoms with E-state index in [1.165, 1.54) is 4.31 Å². The van der Waals surface area contributed by atoms with Crippen molar-refractivity contribution in [2.45, 2.75) is 18.4 Å². The lowest BCUT2D eigenvalue weighted by atomic mass is 10.1. The molecule has 1 heterocycles. The molecule has 5 nitrogen and oxygen atoms in total. The summed E-state index contributed by atoms with van der Waals surface area (Å²) >= 11 is 0. The van der Waals surface area contributed by atoms with E-state index in [-0.39, 0.29) is 0 Å². The van der Waals surface area contributed by atoms with Gasteiger partial charge in [-0.25, -0.2) is 8.42 Å². The Bertz CT molecular complexity index is 932. The Morgan fingerprint density at radius 2 is 1.87 bits per heavy atom. The largest absolute Gasteiger partial charge is 0.275 e. The van der Waals surface area contributed by atoms with Gasteiger partial charge in [0.25, 0.3) is 0 Å². The summed E-state index contributed by atoms with van der Waals surface area (Å²) in [5.74, 6) is 0. The predicted molar refractivity (Wildman–Crippen MR) is 90.4 cm³/mol. The summed E-state index contributed by atoms with van der Waals surface area (Å²) < 4.78 is 29.0. The van der Waals surface area contributed by atoms with Gasteiger partial charge in [-0.15, -0.1) is 0 Å². The van der Waals surface area contributed by atoms with Crippen LogP contribution in [0.25, 0.3) is 10.8 Å². The van der Waals surface area contributed by atoms with Gasteiger partial charge in [0.05, 0.1) is 11.1 Å². The molecule has 0 radical (unpaired) electrons. The highest BCUT2D eigenvalue weighted by Gasteiger charge is 2.23. The fourth-order valence-electron chi connectivity index (χ4n) is 2.60. The molecule has 0 unspecified atom stereocenters. The van der Waals surface area contributed by atoms with E-state index in [0.717, 1.165) is 16.3 Å². The molecule has 6 heteroatoms. The topological polar surface area (TPSA) is 55.2 Å². The van der Waals surface area contributed by atoms with Crippen LogP contribution in [0.1, 0.15) is 12.5 Å². The summed E-state index contributed by atoms with van der Waals surface area (Å²) in [6.07, 6.45) is 3.52. The summed E-state index contributed by atoms with van der Waals surface area (Å²) in [5, 5.41) is 6.05. The third-order valence-electron chi connectivity index (χ3n) is 3.83. The number of fused-ring (bicyclic) bond motifs is 1. The van der Waals surface area contributed by atoms with Crippen molar-refractivity contribution in [3.8, 4) is 0 Å². The van der Waals surface area contributed by atoms with Crippen LogP contribution >= 0.6 is 0 Å². The molecule has 0 aliphatic carbocycles. The van der Waals surface area contributed by atoms with Crippen LogP contribution in [0.2, 0.25) is 0 Å². The first-order chi connectivity index (χ1) is 11.0. The molecule has 0 N–H and O–H groups in total. The Hall–Kier alpha value is -2.18. The van der Waals surface area contributed by atoms with Crippen molar-refractivity contribution >= 4 is 20.8 Å². The maximum absolute atomic E-state index is 12.9. The molecule has 0 amide bonds. The minimum Gasteiger partial charge on any atom is -0.275 e. The average Bonchev–Trinajstić information content (AvgIpc) is 2.97. The minimum absolute atomic E-state index is 0.319. The molecule has 2 aromatic carbocycles. The molecular formula is C17H19N3O2S. The molecule has 23 heavy (non-hydrogen) atoms. The maximum atomic E-state index is 12.9. The lowest BCUT2D eigenvalue weighted by Crippen LogP contribution is -2.30. The van der Waals surface area contributed by atoms with Gasteiger partial charge in [0.15, 0.2) is 0 Å². The smallest absolute Gasteiger partial charge is 0.243 e. The summed E-state index contributed by atoms with van der Waals surface area (Å²) in [4.78, 5) is 0.321. The zero-order chi connectivity index (χ0) is 16.4. The van der Waals surface area contributed by atoms with Gasteiger partial charge in [-0.1, -0.05) is 37.3 Å². The number of hydrogen-bond acceptors (Lipinski definition) is 3. The molecule has 1 aromatic heterocycles. The third-order valence-corrected chi connectivity index (χ3v) is 5.75. The highest BCUT2D eigenvalue weighted by Crippen LogP contribution is 2.23. The van der Waals surface area contributed by atoms with Crippen molar-refractivity contribution in [2.75, 3.05) is 6.54 Å². The molecule has 0 spiro atoms. The van der Waals surface area contributed by atoms with Gasteiger partial charge < -0.3 is 0 Å². The average molecular weight is 329 g/mol. The predicted octanol–water partition coefficient (Wildman–Crippen LogP) is 2.78. The van der Waals surface area contributed by atoms with E-state index in [1.54, 1.807) is 23.0 Å². The van der Waals surface area contributed by atoms with Gasteiger partial charge in [0.2, 0.25) is 10.0 Å². The molecule has 0 fully saturated rings. The molecule has 0 atom stereocenters. The van der Waals surface area contributed by atoms with Crippen LogP contribution in [0.15, 0.2) is 59.8 Å². The van der Waals surface area contributed by atoms with E-state index in [4.69, 9.17) is 0 Å². The normalized spacial score (nSPS) is 12.1. The van der Waals surface area contributed by atoms with Crippen LogP contribution in [0.5, 0.6) is 0 Å². The van der Waals surface area contributed by atoms with Gasteiger partial charge >= 0.3 is 0 Å². The Morgan fingerprint density at radius 1 is 1.13 bits per heavy atom. The Kier molecular flexibility index (Phi) is 4.19. The number of aryl methyl sites for hydroxylation is 1. The molecule has 0 saturated carbocycles. The number of hydrogen-bond donors (Lipinski definition) is 0. The van der Waals surface area contributed by atoms with Crippen molar-refractivity contribution in [1.29, 1.82) is 0 Å². The summed E-state index contributed by atoms with van der Waals surface area (Å²) in [7, 11) is -1.72. The van der Waals surface area contributed by atoms with Crippen LogP contribution in [-0.2, 0) is 23.6 Å². The second-order valence-electron chi connectivity index (χ2n) is 5.46. The van der Waals surface area contributed by atoms with E-state index < -0.39 is 10.0 Å². The van der Waals surface area contributed by atoms with Crippen molar-refractivity contribution < 1.29 is 8.42 Å². The molecule has 0 saturated heterocycles. The van der Waals surface area contributed by atoms with E-state index >= 15 is 0 Å². The molecule has 3 aromatic rings. The lowest BCUT2D eigenvalue weighted by Gasteiger charge is -2.20. The van der Waals surface area contributed by atoms with Crippen LogP contribution in [0.3, 0.4) is 0 Å². The molecule has 120 valence electrons. The van der Waals surface area contributed by atoms with Crippen LogP contribution in [0.4, 0.5) is 0 Å². The summed E-state index contributed by atoms with van der Waals surface area (Å²) in [6, 6.07) is 13.0. The van der Waals surface area contributed by atoms with Crippen molar-refractivity contribution in [1.82, 2.24) is 14.1 Å². The van der Waals surface area contributed by atoms with Gasteiger partial charge in [-0.3, -0.25) is 4.68 Å². The number of nitrogens with zero attached hydrogens (tertiary/aromatic N) is 3. The second-order valence-corrected chi connectivity index (χ2v) is 7.40. The first-order valence-corrected chi connectivity index (χ1v) is 8.91. The van der Waals surface area contributed by atoms with E-state index in [1.807, 2.05) is 50.5 Å². The number of rotatable bonds is 5. The first kappa shape index (κ1) is 15.7. The molecule has 0 bridgehead atoms. The van der Waals surface area contributed by atoms with Crippen LogP contribution < -0.4 is 0 Å². The fourth-order valence-corrected chi connectivity index (χ4v) is 4.07. The van der Waals surface area contributed by atoms with Gasteiger partial charge in [-0.05, 0) is 22.9 Å². The monoisotopic (exact) mass is 329 g/mol. The highest BCUT2D eigenvalue weighted by molar-refractivity contribution is 7.89. The summed E-state index contributed by atoms with van der Waals surface area (Å²) in [6.45, 7) is 2.57. The van der Waals surface area contributed by atoms with Crippen LogP contribution in [-0.4, -0.2) is 29.0 Å². The minimum atomic E-state index is -3.54. The Labute approximate surface area is 136 Å². The summed E-state index contributed by atoms with van der Waals surface area (Å²) in [5.41, 5.74) is 0.874. The third kappa shape index (κ3) is 3.13. The molecule has 3 rings (SSSR count). The zero-order valence-corrected chi connectivity index (χ0v) is 14.0. The Morgan fingerprint density at radius 3 is 2.52 bits per heavy atom. The van der Waals surface area contributed by atoms with E-state index in [0.29, 0.717) is 18.0 Å². The SMILES string of the molecule is CCN(Cc1cnn(C)c1)S(=O)(=O)c1ccc2ccccc2c1. The van der Waals surface area contributed by atoms with Gasteiger partial charge in [0, 0.05) is 31.9 Å². The second kappa shape index (κ2) is 6.14. The standard InChI is InChI=1S/C17H19N3O2S/c1-3-20(13-14-11-18-19(2)12-14)23(21,22)17-9-8-15-6-4-5-7-16(15)10-17/h4-12H,3,13H2,1-2H3. The van der Waals surface area contributed by atoms with Crippen LogP contribution in [0, 0.1) is 0 Å². The van der Waals surface area contributed by atoms with Crippen molar-refractivity contribution in [2.24, 2.45) is 7.05 Å². The fraction of sp³-hybridized carbons (Fsp3) is 0.235. The first-order valence-electron chi connectivity index (χ1n) is 7.47. The van der Waals surface area contributed by atoms with Gasteiger partial charge in [0.1, 0.15) is 0 Å². The molecule has 0 aliphatic heterocycles. The van der Waals surface area contributed by atoms with E-state index in [2.05, 4.69) is 5.10 Å². The number of benzene rings is 2. The molecule has 0 aliphatic rings. The van der Waals surface area contributed by atoms with Crippen molar-refractivity contribution in [3.05, 3.63) is 60.4 Å². The Balaban J connectivity index is 1.96. The molecular weight excluding hydrogens is 310 g/mol. The maximum Gasteiger partial charge on any atom is 0.243 e. The number of aromatic nitrogens is 2. The zero-order valence-electron chi connectivity index (χ0n) is 13.2. The highest BCUT2D eigenvalue weighted by atomic mass is 32.2. The quantitative estimate of drug-likeness (QED) is 0.723. The van der Waals surface area contributed by atoms with E-state index in [9.17, 15) is 8.42 Å². The number of sulfonamides is 1. The van der Waals surface area contributed by atoms with Crippen molar-refractivity contribution in [3.63, 3.8) is 0 Å².